The molecule has 118 valence electrons. The number of hydrogen-bond acceptors (Lipinski definition) is 5. The second kappa shape index (κ2) is 8.07. The normalized spacial score (nSPS) is 13.8. The van der Waals surface area contributed by atoms with Crippen LogP contribution >= 0.6 is 0 Å². The van der Waals surface area contributed by atoms with Gasteiger partial charge < -0.3 is 10.6 Å². The number of rotatable bonds is 7. The zero-order chi connectivity index (χ0) is 16.0. The lowest BCUT2D eigenvalue weighted by Gasteiger charge is -2.15. The highest BCUT2D eigenvalue weighted by atomic mass is 32.2. The number of nitrogens with one attached hydrogen (secondary N) is 2. The van der Waals surface area contributed by atoms with Gasteiger partial charge in [0.1, 0.15) is 5.82 Å². The minimum atomic E-state index is -0.851. The molecule has 6 nitrogen and oxygen atoms in total. The van der Waals surface area contributed by atoms with Gasteiger partial charge in [-0.1, -0.05) is 13.8 Å². The number of aromatic nitrogens is 2. The summed E-state index contributed by atoms with van der Waals surface area (Å²) in [5.74, 6) is 1.13. The lowest BCUT2D eigenvalue weighted by molar-refractivity contribution is 0.0935. The molecule has 0 aliphatic rings. The van der Waals surface area contributed by atoms with Crippen molar-refractivity contribution in [1.82, 2.24) is 15.3 Å². The third-order valence-electron chi connectivity index (χ3n) is 3.02. The molecule has 0 fully saturated rings. The molecule has 0 aromatic carbocycles. The molecule has 0 saturated heterocycles. The third-order valence-corrected chi connectivity index (χ3v) is 3.83. The molecule has 1 aromatic rings. The van der Waals surface area contributed by atoms with E-state index in [4.69, 9.17) is 0 Å². The maximum Gasteiger partial charge on any atom is 0.272 e. The third kappa shape index (κ3) is 5.41. The molecule has 1 rings (SSSR count). The molecule has 0 aliphatic heterocycles. The fraction of sp³-hybridized carbons (Fsp3) is 0.643. The molecule has 1 amide bonds. The van der Waals surface area contributed by atoms with Gasteiger partial charge in [-0.15, -0.1) is 0 Å². The van der Waals surface area contributed by atoms with Gasteiger partial charge in [0.25, 0.3) is 5.91 Å². The molecule has 0 radical (unpaired) electrons. The zero-order valence-electron chi connectivity index (χ0n) is 13.3. The van der Waals surface area contributed by atoms with Crippen molar-refractivity contribution >= 4 is 22.4 Å². The highest BCUT2D eigenvalue weighted by Gasteiger charge is 2.17. The van der Waals surface area contributed by atoms with Crippen LogP contribution in [0.15, 0.2) is 6.20 Å². The van der Waals surface area contributed by atoms with E-state index in [0.29, 0.717) is 29.4 Å². The predicted molar refractivity (Wildman–Crippen MR) is 86.1 cm³/mol. The molecule has 2 N–H and O–H groups in total. The summed E-state index contributed by atoms with van der Waals surface area (Å²) in [6.07, 6.45) is 3.96. The van der Waals surface area contributed by atoms with E-state index < -0.39 is 10.8 Å². The van der Waals surface area contributed by atoms with E-state index in [1.54, 1.807) is 19.5 Å². The van der Waals surface area contributed by atoms with Crippen LogP contribution in [-0.2, 0) is 10.8 Å². The lowest BCUT2D eigenvalue weighted by atomic mass is 10.2. The van der Waals surface area contributed by atoms with Crippen LogP contribution in [0.25, 0.3) is 0 Å². The van der Waals surface area contributed by atoms with Gasteiger partial charge in [-0.2, -0.15) is 0 Å². The van der Waals surface area contributed by atoms with E-state index in [9.17, 15) is 9.00 Å². The first-order valence-corrected chi connectivity index (χ1v) is 8.73. The predicted octanol–water partition coefficient (Wildman–Crippen LogP) is 1.53. The summed E-state index contributed by atoms with van der Waals surface area (Å²) in [5.41, 5.74) is 0.948. The molecular formula is C14H24N4O2S. The maximum absolute atomic E-state index is 12.3. The topological polar surface area (TPSA) is 84.0 Å². The number of nitrogens with zero attached hydrogens (tertiary/aromatic N) is 2. The first-order valence-electron chi connectivity index (χ1n) is 7.00. The molecule has 21 heavy (non-hydrogen) atoms. The number of amides is 1. The zero-order valence-corrected chi connectivity index (χ0v) is 14.1. The average molecular weight is 312 g/mol. The Morgan fingerprint density at radius 3 is 2.57 bits per heavy atom. The second-order valence-corrected chi connectivity index (χ2v) is 6.89. The van der Waals surface area contributed by atoms with E-state index in [1.165, 1.54) is 0 Å². The summed E-state index contributed by atoms with van der Waals surface area (Å²) in [6.45, 7) is 5.86. The van der Waals surface area contributed by atoms with Crippen molar-refractivity contribution in [3.63, 3.8) is 0 Å². The van der Waals surface area contributed by atoms with Gasteiger partial charge in [0, 0.05) is 41.8 Å². The maximum atomic E-state index is 12.3. The van der Waals surface area contributed by atoms with Crippen LogP contribution in [0.4, 0.5) is 5.69 Å². The molecule has 0 aliphatic carbocycles. The van der Waals surface area contributed by atoms with Gasteiger partial charge in [-0.25, -0.2) is 9.97 Å². The Balaban J connectivity index is 2.85. The van der Waals surface area contributed by atoms with Gasteiger partial charge in [0.2, 0.25) is 0 Å². The molecular weight excluding hydrogens is 288 g/mol. The van der Waals surface area contributed by atoms with Gasteiger partial charge in [-0.3, -0.25) is 9.00 Å². The van der Waals surface area contributed by atoms with Gasteiger partial charge in [0.05, 0.1) is 11.9 Å². The standard InChI is InChI=1S/C14H24N4O2S/c1-9(2)13-16-8-11(15-4)12(18-13)14(19)17-10(3)6-7-21(5)20/h8-10,15H,6-7H2,1-5H3,(H,17,19). The van der Waals surface area contributed by atoms with E-state index in [-0.39, 0.29) is 17.9 Å². The SMILES string of the molecule is CNc1cnc(C(C)C)nc1C(=O)NC(C)CCS(C)=O. The van der Waals surface area contributed by atoms with Crippen LogP contribution in [0, 0.1) is 0 Å². The average Bonchev–Trinajstić information content (AvgIpc) is 2.44. The van der Waals surface area contributed by atoms with E-state index in [2.05, 4.69) is 20.6 Å². The van der Waals surface area contributed by atoms with E-state index in [1.807, 2.05) is 20.8 Å². The first-order chi connectivity index (χ1) is 9.85. The van der Waals surface area contributed by atoms with E-state index >= 15 is 0 Å². The van der Waals surface area contributed by atoms with Crippen molar-refractivity contribution in [3.05, 3.63) is 17.7 Å². The van der Waals surface area contributed by atoms with Crippen LogP contribution in [0.3, 0.4) is 0 Å². The first kappa shape index (κ1) is 17.6. The van der Waals surface area contributed by atoms with Crippen molar-refractivity contribution in [2.75, 3.05) is 24.4 Å². The summed E-state index contributed by atoms with van der Waals surface area (Å²) in [6, 6.07) is -0.0522. The van der Waals surface area contributed by atoms with Crippen LogP contribution in [0.1, 0.15) is 49.4 Å². The minimum Gasteiger partial charge on any atom is -0.385 e. The summed E-state index contributed by atoms with van der Waals surface area (Å²) >= 11 is 0. The highest BCUT2D eigenvalue weighted by molar-refractivity contribution is 7.84. The highest BCUT2D eigenvalue weighted by Crippen LogP contribution is 2.16. The number of carbonyl (C=O) groups excluding carboxylic acids is 1. The van der Waals surface area contributed by atoms with Crippen molar-refractivity contribution < 1.29 is 9.00 Å². The molecule has 1 aromatic heterocycles. The molecule has 7 heteroatoms. The minimum absolute atomic E-state index is 0.0522. The Morgan fingerprint density at radius 1 is 1.38 bits per heavy atom. The van der Waals surface area contributed by atoms with Crippen LogP contribution in [-0.4, -0.2) is 45.2 Å². The Kier molecular flexibility index (Phi) is 6.74. The Bertz CT molecular complexity index is 520. The van der Waals surface area contributed by atoms with Gasteiger partial charge >= 0.3 is 0 Å². The summed E-state index contributed by atoms with van der Waals surface area (Å²) in [4.78, 5) is 20.9. The fourth-order valence-electron chi connectivity index (χ4n) is 1.74. The number of carbonyl (C=O) groups is 1. The fourth-order valence-corrected chi connectivity index (χ4v) is 2.42. The van der Waals surface area contributed by atoms with Crippen molar-refractivity contribution in [3.8, 4) is 0 Å². The summed E-state index contributed by atoms with van der Waals surface area (Å²) < 4.78 is 11.1. The van der Waals surface area contributed by atoms with Crippen molar-refractivity contribution in [2.24, 2.45) is 0 Å². The Labute approximate surface area is 128 Å². The molecule has 1 heterocycles. The quantitative estimate of drug-likeness (QED) is 0.797. The summed E-state index contributed by atoms with van der Waals surface area (Å²) in [7, 11) is 0.880. The van der Waals surface area contributed by atoms with Crippen LogP contribution in [0.5, 0.6) is 0 Å². The van der Waals surface area contributed by atoms with Gasteiger partial charge in [-0.05, 0) is 13.3 Å². The molecule has 0 bridgehead atoms. The molecule has 0 saturated carbocycles. The smallest absolute Gasteiger partial charge is 0.272 e. The number of hydrogen-bond donors (Lipinski definition) is 2. The largest absolute Gasteiger partial charge is 0.385 e. The Morgan fingerprint density at radius 2 is 2.05 bits per heavy atom. The monoisotopic (exact) mass is 312 g/mol. The number of anilines is 1. The van der Waals surface area contributed by atoms with Crippen molar-refractivity contribution in [1.29, 1.82) is 0 Å². The van der Waals surface area contributed by atoms with Crippen molar-refractivity contribution in [2.45, 2.75) is 39.2 Å². The molecule has 2 unspecified atom stereocenters. The summed E-state index contributed by atoms with van der Waals surface area (Å²) in [5, 5.41) is 5.82. The van der Waals surface area contributed by atoms with Gasteiger partial charge in [0.15, 0.2) is 5.69 Å². The van der Waals surface area contributed by atoms with Crippen LogP contribution in [0.2, 0.25) is 0 Å². The second-order valence-electron chi connectivity index (χ2n) is 5.34. The van der Waals surface area contributed by atoms with E-state index in [0.717, 1.165) is 0 Å². The molecule has 2 atom stereocenters. The molecule has 0 spiro atoms. The Hall–Kier alpha value is -1.50. The lowest BCUT2D eigenvalue weighted by Crippen LogP contribution is -2.34. The van der Waals surface area contributed by atoms with Crippen LogP contribution < -0.4 is 10.6 Å².